The van der Waals surface area contributed by atoms with E-state index in [0.717, 1.165) is 44.2 Å². The molecule has 1 aromatic rings. The molecule has 27 heavy (non-hydrogen) atoms. The lowest BCUT2D eigenvalue weighted by Gasteiger charge is -2.34. The van der Waals surface area contributed by atoms with Gasteiger partial charge in [-0.05, 0) is 57.4 Å². The van der Waals surface area contributed by atoms with E-state index in [9.17, 15) is 9.59 Å². The van der Waals surface area contributed by atoms with Crippen molar-refractivity contribution in [3.05, 3.63) is 35.9 Å². The third-order valence-corrected chi connectivity index (χ3v) is 5.57. The van der Waals surface area contributed by atoms with Crippen molar-refractivity contribution < 1.29 is 9.59 Å². The Bertz CT molecular complexity index is 590. The number of hydrogen-bond donors (Lipinski definition) is 1. The Balaban J connectivity index is 1.85. The van der Waals surface area contributed by atoms with Gasteiger partial charge < -0.3 is 10.2 Å². The third kappa shape index (κ3) is 6.67. The molecule has 1 N–H and O–H groups in total. The predicted octanol–water partition coefficient (Wildman–Crippen LogP) is 4.39. The van der Waals surface area contributed by atoms with Crippen molar-refractivity contribution in [2.45, 2.75) is 72.4 Å². The van der Waals surface area contributed by atoms with Gasteiger partial charge >= 0.3 is 0 Å². The molecule has 4 heteroatoms. The highest BCUT2D eigenvalue weighted by Crippen LogP contribution is 2.31. The molecule has 0 spiro atoms. The highest BCUT2D eigenvalue weighted by Gasteiger charge is 2.32. The van der Waals surface area contributed by atoms with Gasteiger partial charge in [-0.25, -0.2) is 0 Å². The lowest BCUT2D eigenvalue weighted by molar-refractivity contribution is -0.140. The quantitative estimate of drug-likeness (QED) is 0.735. The largest absolute Gasteiger partial charge is 0.356 e. The Hall–Kier alpha value is -1.84. The van der Waals surface area contributed by atoms with E-state index in [1.165, 1.54) is 0 Å². The van der Waals surface area contributed by atoms with Crippen molar-refractivity contribution in [1.82, 2.24) is 10.2 Å². The first kappa shape index (κ1) is 21.5. The van der Waals surface area contributed by atoms with Crippen LogP contribution in [0.1, 0.15) is 65.4 Å². The summed E-state index contributed by atoms with van der Waals surface area (Å²) in [6.07, 6.45) is 4.29. The third-order valence-electron chi connectivity index (χ3n) is 5.57. The molecule has 1 aliphatic carbocycles. The Kier molecular flexibility index (Phi) is 8.33. The highest BCUT2D eigenvalue weighted by molar-refractivity contribution is 5.81. The molecule has 1 aromatic carbocycles. The minimum Gasteiger partial charge on any atom is -0.356 e. The van der Waals surface area contributed by atoms with Crippen LogP contribution >= 0.6 is 0 Å². The van der Waals surface area contributed by atoms with Gasteiger partial charge in [0.15, 0.2) is 0 Å². The van der Waals surface area contributed by atoms with Gasteiger partial charge in [0.1, 0.15) is 0 Å². The topological polar surface area (TPSA) is 49.4 Å². The summed E-state index contributed by atoms with van der Waals surface area (Å²) in [4.78, 5) is 27.4. The maximum atomic E-state index is 13.1. The summed E-state index contributed by atoms with van der Waals surface area (Å²) < 4.78 is 0. The molecular formula is C23H36N2O2. The molecule has 2 amide bonds. The number of rotatable bonds is 8. The fourth-order valence-corrected chi connectivity index (χ4v) is 3.76. The Morgan fingerprint density at radius 2 is 1.59 bits per heavy atom. The standard InChI is InChI=1S/C23H36N2O2/c1-17(2)14-15-24-22(26)20-10-12-21(13-11-20)23(27)25(18(3)4)16-19-8-6-5-7-9-19/h5-9,17-18,20-21H,10-16H2,1-4H3,(H,24,26). The van der Waals surface area contributed by atoms with Gasteiger partial charge in [0.2, 0.25) is 11.8 Å². The van der Waals surface area contributed by atoms with Crippen molar-refractivity contribution in [3.63, 3.8) is 0 Å². The molecule has 1 aliphatic rings. The molecule has 150 valence electrons. The van der Waals surface area contributed by atoms with Crippen LogP contribution in [-0.2, 0) is 16.1 Å². The SMILES string of the molecule is CC(C)CCNC(=O)C1CCC(C(=O)N(Cc2ccccc2)C(C)C)CC1. The molecule has 2 rings (SSSR count). The van der Waals surface area contributed by atoms with Crippen molar-refractivity contribution in [2.75, 3.05) is 6.54 Å². The molecule has 1 fully saturated rings. The Morgan fingerprint density at radius 1 is 1.00 bits per heavy atom. The fourth-order valence-electron chi connectivity index (χ4n) is 3.76. The van der Waals surface area contributed by atoms with E-state index in [2.05, 4.69) is 45.1 Å². The average molecular weight is 373 g/mol. The Morgan fingerprint density at radius 3 is 2.15 bits per heavy atom. The molecule has 0 heterocycles. The maximum Gasteiger partial charge on any atom is 0.226 e. The first-order valence-electron chi connectivity index (χ1n) is 10.5. The molecule has 0 radical (unpaired) electrons. The number of amides is 2. The number of nitrogens with zero attached hydrogens (tertiary/aromatic N) is 1. The normalized spacial score (nSPS) is 19.9. The van der Waals surface area contributed by atoms with Crippen molar-refractivity contribution in [1.29, 1.82) is 0 Å². The summed E-state index contributed by atoms with van der Waals surface area (Å²) in [7, 11) is 0. The van der Waals surface area contributed by atoms with Gasteiger partial charge in [0, 0.05) is 31.0 Å². The summed E-state index contributed by atoms with van der Waals surface area (Å²) in [5.41, 5.74) is 1.16. The van der Waals surface area contributed by atoms with Gasteiger partial charge in [-0.1, -0.05) is 44.2 Å². The lowest BCUT2D eigenvalue weighted by atomic mass is 9.80. The Labute approximate surface area is 164 Å². The maximum absolute atomic E-state index is 13.1. The molecule has 0 atom stereocenters. The zero-order chi connectivity index (χ0) is 19.8. The van der Waals surface area contributed by atoms with E-state index in [1.54, 1.807) is 0 Å². The summed E-state index contributed by atoms with van der Waals surface area (Å²) in [5, 5.41) is 3.07. The summed E-state index contributed by atoms with van der Waals surface area (Å²) in [6, 6.07) is 10.3. The van der Waals surface area contributed by atoms with Gasteiger partial charge in [-0.2, -0.15) is 0 Å². The summed E-state index contributed by atoms with van der Waals surface area (Å²) in [5.74, 6) is 1.14. The molecule has 0 aliphatic heterocycles. The highest BCUT2D eigenvalue weighted by atomic mass is 16.2. The van der Waals surface area contributed by atoms with E-state index >= 15 is 0 Å². The zero-order valence-corrected chi connectivity index (χ0v) is 17.4. The van der Waals surface area contributed by atoms with E-state index in [-0.39, 0.29) is 29.7 Å². The fraction of sp³-hybridized carbons (Fsp3) is 0.652. The first-order chi connectivity index (χ1) is 12.9. The van der Waals surface area contributed by atoms with Crippen LogP contribution in [0, 0.1) is 17.8 Å². The van der Waals surface area contributed by atoms with Crippen molar-refractivity contribution in [3.8, 4) is 0 Å². The average Bonchev–Trinajstić information content (AvgIpc) is 2.66. The van der Waals surface area contributed by atoms with Crippen LogP contribution in [-0.4, -0.2) is 29.3 Å². The van der Waals surface area contributed by atoms with Gasteiger partial charge in [0.25, 0.3) is 0 Å². The number of carbonyl (C=O) groups excluding carboxylic acids is 2. The minimum absolute atomic E-state index is 0.0517. The number of nitrogens with one attached hydrogen (secondary N) is 1. The predicted molar refractivity (Wildman–Crippen MR) is 110 cm³/mol. The first-order valence-corrected chi connectivity index (χ1v) is 10.5. The number of benzene rings is 1. The van der Waals surface area contributed by atoms with E-state index in [4.69, 9.17) is 0 Å². The monoisotopic (exact) mass is 372 g/mol. The van der Waals surface area contributed by atoms with E-state index in [0.29, 0.717) is 12.5 Å². The van der Waals surface area contributed by atoms with E-state index < -0.39 is 0 Å². The van der Waals surface area contributed by atoms with Crippen LogP contribution in [0.15, 0.2) is 30.3 Å². The number of carbonyl (C=O) groups is 2. The molecule has 1 saturated carbocycles. The van der Waals surface area contributed by atoms with Crippen molar-refractivity contribution in [2.24, 2.45) is 17.8 Å². The molecule has 0 bridgehead atoms. The van der Waals surface area contributed by atoms with E-state index in [1.807, 2.05) is 23.1 Å². The van der Waals surface area contributed by atoms with Gasteiger partial charge in [-0.3, -0.25) is 9.59 Å². The lowest BCUT2D eigenvalue weighted by Crippen LogP contribution is -2.42. The van der Waals surface area contributed by atoms with Crippen LogP contribution in [0.2, 0.25) is 0 Å². The van der Waals surface area contributed by atoms with Gasteiger partial charge in [-0.15, -0.1) is 0 Å². The summed E-state index contributed by atoms with van der Waals surface area (Å²) in [6.45, 7) is 9.90. The van der Waals surface area contributed by atoms with Gasteiger partial charge in [0.05, 0.1) is 0 Å². The second-order valence-corrected chi connectivity index (χ2v) is 8.57. The molecule has 0 aromatic heterocycles. The number of hydrogen-bond acceptors (Lipinski definition) is 2. The smallest absolute Gasteiger partial charge is 0.226 e. The van der Waals surface area contributed by atoms with Crippen LogP contribution in [0.3, 0.4) is 0 Å². The second-order valence-electron chi connectivity index (χ2n) is 8.57. The molecule has 0 saturated heterocycles. The van der Waals surface area contributed by atoms with Crippen LogP contribution in [0.4, 0.5) is 0 Å². The second kappa shape index (κ2) is 10.5. The van der Waals surface area contributed by atoms with Crippen molar-refractivity contribution >= 4 is 11.8 Å². The van der Waals surface area contributed by atoms with Crippen LogP contribution < -0.4 is 5.32 Å². The molecule has 0 unspecified atom stereocenters. The summed E-state index contributed by atoms with van der Waals surface area (Å²) >= 11 is 0. The molecule has 4 nitrogen and oxygen atoms in total. The minimum atomic E-state index is 0.0517. The zero-order valence-electron chi connectivity index (χ0n) is 17.4. The van der Waals surface area contributed by atoms with Crippen LogP contribution in [0.5, 0.6) is 0 Å². The molecular weight excluding hydrogens is 336 g/mol. The van der Waals surface area contributed by atoms with Crippen LogP contribution in [0.25, 0.3) is 0 Å².